The summed E-state index contributed by atoms with van der Waals surface area (Å²) in [5, 5.41) is 4.90. The van der Waals surface area contributed by atoms with Crippen molar-refractivity contribution in [2.45, 2.75) is 0 Å². The van der Waals surface area contributed by atoms with E-state index < -0.39 is 0 Å². The molecule has 0 bridgehead atoms. The number of thiophene rings is 1. The lowest BCUT2D eigenvalue weighted by atomic mass is 10.0. The third-order valence-corrected chi connectivity index (χ3v) is 8.69. The van der Waals surface area contributed by atoms with E-state index in [4.69, 9.17) is 4.42 Å². The predicted octanol–water partition coefficient (Wildman–Crippen LogP) is 11.1. The first-order chi connectivity index (χ1) is 19.3. The van der Waals surface area contributed by atoms with Gasteiger partial charge in [-0.2, -0.15) is 0 Å². The molecule has 0 aliphatic heterocycles. The van der Waals surface area contributed by atoms with Gasteiger partial charge in [0.2, 0.25) is 0 Å². The van der Waals surface area contributed by atoms with E-state index in [-0.39, 0.29) is 0 Å². The van der Waals surface area contributed by atoms with Gasteiger partial charge in [0, 0.05) is 43.2 Å². The van der Waals surface area contributed by atoms with Crippen LogP contribution in [0.15, 0.2) is 144 Å². The molecule has 8 aromatic rings. The number of benzene rings is 6. The van der Waals surface area contributed by atoms with Crippen LogP contribution in [0.1, 0.15) is 0 Å². The molecule has 0 atom stereocenters. The molecular formula is C36H23NOS. The van der Waals surface area contributed by atoms with Crippen LogP contribution >= 0.6 is 11.3 Å². The second kappa shape index (κ2) is 8.87. The van der Waals surface area contributed by atoms with Crippen LogP contribution < -0.4 is 4.90 Å². The summed E-state index contributed by atoms with van der Waals surface area (Å²) in [7, 11) is 0. The van der Waals surface area contributed by atoms with Gasteiger partial charge >= 0.3 is 0 Å². The lowest BCUT2D eigenvalue weighted by Crippen LogP contribution is -2.09. The number of anilines is 3. The van der Waals surface area contributed by atoms with E-state index in [2.05, 4.69) is 132 Å². The summed E-state index contributed by atoms with van der Waals surface area (Å²) in [5.41, 5.74) is 7.53. The maximum Gasteiger partial charge on any atom is 0.143 e. The van der Waals surface area contributed by atoms with E-state index in [1.54, 1.807) is 0 Å². The Morgan fingerprint density at radius 1 is 0.487 bits per heavy atom. The monoisotopic (exact) mass is 517 g/mol. The summed E-state index contributed by atoms with van der Waals surface area (Å²) in [5.74, 6) is 0. The number of hydrogen-bond acceptors (Lipinski definition) is 3. The maximum absolute atomic E-state index is 6.32. The van der Waals surface area contributed by atoms with Gasteiger partial charge in [-0.25, -0.2) is 0 Å². The SMILES string of the molecule is c1ccc(N(c2ccc(-c3cccc4c3oc3ccccc34)cc2)c2cccc3c2sc2ccccc23)cc1. The van der Waals surface area contributed by atoms with Crippen molar-refractivity contribution in [2.75, 3.05) is 4.90 Å². The molecule has 184 valence electrons. The highest BCUT2D eigenvalue weighted by Crippen LogP contribution is 2.45. The Hall–Kier alpha value is -4.86. The first-order valence-electron chi connectivity index (χ1n) is 13.1. The number of furan rings is 1. The molecule has 3 heteroatoms. The Labute approximate surface area is 230 Å². The van der Waals surface area contributed by atoms with Crippen molar-refractivity contribution < 1.29 is 4.42 Å². The minimum Gasteiger partial charge on any atom is -0.455 e. The maximum atomic E-state index is 6.32. The number of fused-ring (bicyclic) bond motifs is 6. The number of rotatable bonds is 4. The molecule has 39 heavy (non-hydrogen) atoms. The smallest absolute Gasteiger partial charge is 0.143 e. The van der Waals surface area contributed by atoms with Crippen LogP contribution in [-0.2, 0) is 0 Å². The van der Waals surface area contributed by atoms with Gasteiger partial charge in [0.25, 0.3) is 0 Å². The number of nitrogens with zero attached hydrogens (tertiary/aromatic N) is 1. The van der Waals surface area contributed by atoms with Crippen LogP contribution in [0.3, 0.4) is 0 Å². The van der Waals surface area contributed by atoms with Crippen LogP contribution in [0.5, 0.6) is 0 Å². The van der Waals surface area contributed by atoms with Crippen molar-refractivity contribution in [3.05, 3.63) is 140 Å². The summed E-state index contributed by atoms with van der Waals surface area (Å²) >= 11 is 1.86. The topological polar surface area (TPSA) is 16.4 Å². The summed E-state index contributed by atoms with van der Waals surface area (Å²) in [6.45, 7) is 0. The van der Waals surface area contributed by atoms with Gasteiger partial charge in [0.05, 0.1) is 10.4 Å². The Kier molecular flexibility index (Phi) is 5.04. The Bertz CT molecular complexity index is 2120. The van der Waals surface area contributed by atoms with E-state index in [0.29, 0.717) is 0 Å². The van der Waals surface area contributed by atoms with Crippen LogP contribution in [0, 0.1) is 0 Å². The molecule has 0 radical (unpaired) electrons. The molecule has 0 aliphatic rings. The average molecular weight is 518 g/mol. The minimum atomic E-state index is 0.920. The van der Waals surface area contributed by atoms with Crippen LogP contribution in [0.2, 0.25) is 0 Å². The zero-order valence-corrected chi connectivity index (χ0v) is 21.9. The Morgan fingerprint density at radius 3 is 2.03 bits per heavy atom. The molecule has 0 aliphatic carbocycles. The molecule has 6 aromatic carbocycles. The summed E-state index contributed by atoms with van der Waals surface area (Å²) in [6.07, 6.45) is 0. The molecule has 0 N–H and O–H groups in total. The zero-order valence-electron chi connectivity index (χ0n) is 21.0. The first kappa shape index (κ1) is 22.2. The fraction of sp³-hybridized carbons (Fsp3) is 0. The van der Waals surface area contributed by atoms with Crippen molar-refractivity contribution in [2.24, 2.45) is 0 Å². The van der Waals surface area contributed by atoms with Crippen molar-refractivity contribution in [3.8, 4) is 11.1 Å². The third-order valence-electron chi connectivity index (χ3n) is 7.48. The molecule has 0 saturated carbocycles. The molecule has 0 amide bonds. The lowest BCUT2D eigenvalue weighted by Gasteiger charge is -2.26. The van der Waals surface area contributed by atoms with E-state index >= 15 is 0 Å². The number of hydrogen-bond donors (Lipinski definition) is 0. The predicted molar refractivity (Wildman–Crippen MR) is 167 cm³/mol. The second-order valence-corrected chi connectivity index (χ2v) is 10.8. The first-order valence-corrected chi connectivity index (χ1v) is 13.9. The Morgan fingerprint density at radius 2 is 1.15 bits per heavy atom. The molecule has 0 unspecified atom stereocenters. The fourth-order valence-corrected chi connectivity index (χ4v) is 6.88. The van der Waals surface area contributed by atoms with Crippen molar-refractivity contribution in [1.82, 2.24) is 0 Å². The van der Waals surface area contributed by atoms with Crippen molar-refractivity contribution >= 4 is 70.5 Å². The molecule has 8 rings (SSSR count). The van der Waals surface area contributed by atoms with Crippen molar-refractivity contribution in [3.63, 3.8) is 0 Å². The van der Waals surface area contributed by atoms with Crippen LogP contribution in [0.4, 0.5) is 17.1 Å². The van der Waals surface area contributed by atoms with E-state index in [9.17, 15) is 0 Å². The van der Waals surface area contributed by atoms with Crippen LogP contribution in [-0.4, -0.2) is 0 Å². The molecule has 2 aromatic heterocycles. The second-order valence-electron chi connectivity index (χ2n) is 9.75. The Balaban J connectivity index is 1.29. The quantitative estimate of drug-likeness (QED) is 0.231. The van der Waals surface area contributed by atoms with Crippen LogP contribution in [0.25, 0.3) is 53.2 Å². The summed E-state index contributed by atoms with van der Waals surface area (Å²) < 4.78 is 8.92. The fourth-order valence-electron chi connectivity index (χ4n) is 5.68. The highest BCUT2D eigenvalue weighted by Gasteiger charge is 2.18. The third kappa shape index (κ3) is 3.55. The largest absolute Gasteiger partial charge is 0.455 e. The van der Waals surface area contributed by atoms with Gasteiger partial charge < -0.3 is 9.32 Å². The van der Waals surface area contributed by atoms with Gasteiger partial charge in [-0.1, -0.05) is 97.1 Å². The van der Waals surface area contributed by atoms with E-state index in [0.717, 1.165) is 44.4 Å². The van der Waals surface area contributed by atoms with E-state index in [1.807, 2.05) is 23.5 Å². The average Bonchev–Trinajstić information content (AvgIpc) is 3.57. The highest BCUT2D eigenvalue weighted by atomic mass is 32.1. The van der Waals surface area contributed by atoms with Gasteiger partial charge in [0.1, 0.15) is 11.2 Å². The lowest BCUT2D eigenvalue weighted by molar-refractivity contribution is 0.670. The normalized spacial score (nSPS) is 11.6. The molecule has 2 nitrogen and oxygen atoms in total. The van der Waals surface area contributed by atoms with Crippen molar-refractivity contribution in [1.29, 1.82) is 0 Å². The molecule has 0 fully saturated rings. The van der Waals surface area contributed by atoms with Gasteiger partial charge in [-0.15, -0.1) is 11.3 Å². The molecule has 0 spiro atoms. The standard InChI is InChI=1S/C36H23NOS/c1-2-10-25(11-3-1)37(32-17-9-16-31-29-13-5-7-19-34(29)39-36(31)32)26-22-20-24(21-23-26)27-14-8-15-30-28-12-4-6-18-33(28)38-35(27)30/h1-23H. The van der Waals surface area contributed by atoms with Gasteiger partial charge in [-0.05, 0) is 48.0 Å². The molecule has 0 saturated heterocycles. The molecular weight excluding hydrogens is 494 g/mol. The molecule has 2 heterocycles. The number of para-hydroxylation sites is 3. The highest BCUT2D eigenvalue weighted by molar-refractivity contribution is 7.26. The van der Waals surface area contributed by atoms with Gasteiger partial charge in [-0.3, -0.25) is 0 Å². The van der Waals surface area contributed by atoms with E-state index in [1.165, 1.54) is 25.9 Å². The minimum absolute atomic E-state index is 0.920. The zero-order chi connectivity index (χ0) is 25.8. The summed E-state index contributed by atoms with van der Waals surface area (Å²) in [4.78, 5) is 2.36. The van der Waals surface area contributed by atoms with Gasteiger partial charge in [0.15, 0.2) is 0 Å². The summed E-state index contributed by atoms with van der Waals surface area (Å²) in [6, 6.07) is 49.4.